The van der Waals surface area contributed by atoms with Crippen LogP contribution in [0.4, 0.5) is 5.69 Å². The monoisotopic (exact) mass is 278 g/mol. The van der Waals surface area contributed by atoms with Gasteiger partial charge in [0.25, 0.3) is 0 Å². The number of hydrogen-bond donors (Lipinski definition) is 2. The molecule has 0 aliphatic heterocycles. The summed E-state index contributed by atoms with van der Waals surface area (Å²) in [6.07, 6.45) is 0.445. The molecule has 0 aliphatic carbocycles. The molecule has 0 unspecified atom stereocenters. The molecule has 0 fully saturated rings. The second-order valence-electron chi connectivity index (χ2n) is 6.04. The minimum Gasteiger partial charge on any atom is -0.508 e. The fraction of sp³-hybridized carbons (Fsp3) is 0.562. The van der Waals surface area contributed by atoms with Crippen molar-refractivity contribution in [2.24, 2.45) is 0 Å². The van der Waals surface area contributed by atoms with E-state index in [1.165, 1.54) is 0 Å². The Morgan fingerprint density at radius 3 is 2.55 bits per heavy atom. The van der Waals surface area contributed by atoms with Crippen LogP contribution in [0, 0.1) is 6.92 Å². The fourth-order valence-electron chi connectivity index (χ4n) is 2.05. The first-order valence-electron chi connectivity index (χ1n) is 7.09. The van der Waals surface area contributed by atoms with Gasteiger partial charge in [0.05, 0.1) is 5.69 Å². The van der Waals surface area contributed by atoms with Gasteiger partial charge in [0, 0.05) is 31.1 Å². The van der Waals surface area contributed by atoms with E-state index in [2.05, 4.69) is 26.1 Å². The van der Waals surface area contributed by atoms with Crippen LogP contribution in [-0.4, -0.2) is 29.6 Å². The van der Waals surface area contributed by atoms with Crippen LogP contribution in [0.2, 0.25) is 0 Å². The molecule has 0 radical (unpaired) electrons. The largest absolute Gasteiger partial charge is 0.508 e. The zero-order valence-corrected chi connectivity index (χ0v) is 13.2. The van der Waals surface area contributed by atoms with Crippen molar-refractivity contribution in [1.29, 1.82) is 0 Å². The molecule has 0 atom stereocenters. The van der Waals surface area contributed by atoms with E-state index in [1.54, 1.807) is 17.0 Å². The van der Waals surface area contributed by atoms with Crippen LogP contribution in [0.3, 0.4) is 0 Å². The van der Waals surface area contributed by atoms with Crippen molar-refractivity contribution < 1.29 is 9.90 Å². The van der Waals surface area contributed by atoms with Crippen LogP contribution in [0.25, 0.3) is 0 Å². The van der Waals surface area contributed by atoms with Crippen molar-refractivity contribution in [2.75, 3.05) is 18.0 Å². The summed E-state index contributed by atoms with van der Waals surface area (Å²) in [5.74, 6) is 0.252. The first-order valence-corrected chi connectivity index (χ1v) is 7.09. The number of phenolic OH excluding ortho intramolecular Hbond substituents is 1. The second kappa shape index (κ2) is 6.75. The van der Waals surface area contributed by atoms with Crippen molar-refractivity contribution in [3.63, 3.8) is 0 Å². The lowest BCUT2D eigenvalue weighted by atomic mass is 10.1. The molecule has 0 bridgehead atoms. The molecule has 0 aliphatic rings. The molecular formula is C16H26N2O2. The maximum absolute atomic E-state index is 12.3. The smallest absolute Gasteiger partial charge is 0.228 e. The summed E-state index contributed by atoms with van der Waals surface area (Å²) in [6.45, 7) is 11.4. The highest BCUT2D eigenvalue weighted by Gasteiger charge is 2.17. The number of benzene rings is 1. The van der Waals surface area contributed by atoms with E-state index < -0.39 is 0 Å². The van der Waals surface area contributed by atoms with E-state index in [0.29, 0.717) is 19.5 Å². The van der Waals surface area contributed by atoms with E-state index in [-0.39, 0.29) is 17.2 Å². The molecule has 1 aromatic carbocycles. The standard InChI is InChI=1S/C16H26N2O2/c1-6-18(14-11-13(19)8-7-12(14)2)15(20)9-10-17-16(3,4)5/h7-8,11,17,19H,6,9-10H2,1-5H3. The van der Waals surface area contributed by atoms with Crippen LogP contribution >= 0.6 is 0 Å². The number of carbonyl (C=O) groups is 1. The van der Waals surface area contributed by atoms with Crippen molar-refractivity contribution >= 4 is 11.6 Å². The fourth-order valence-corrected chi connectivity index (χ4v) is 2.05. The predicted molar refractivity (Wildman–Crippen MR) is 83.2 cm³/mol. The molecule has 0 spiro atoms. The highest BCUT2D eigenvalue weighted by molar-refractivity contribution is 5.94. The van der Waals surface area contributed by atoms with Crippen molar-refractivity contribution in [2.45, 2.75) is 46.6 Å². The Hall–Kier alpha value is -1.55. The number of phenols is 1. The lowest BCUT2D eigenvalue weighted by molar-refractivity contribution is -0.118. The molecule has 1 amide bonds. The topological polar surface area (TPSA) is 52.6 Å². The van der Waals surface area contributed by atoms with Gasteiger partial charge >= 0.3 is 0 Å². The highest BCUT2D eigenvalue weighted by Crippen LogP contribution is 2.25. The first kappa shape index (κ1) is 16.5. The number of carbonyl (C=O) groups excluding carboxylic acids is 1. The number of rotatable bonds is 5. The molecular weight excluding hydrogens is 252 g/mol. The summed E-state index contributed by atoms with van der Waals surface area (Å²) in [6, 6.07) is 5.11. The van der Waals surface area contributed by atoms with Gasteiger partial charge in [-0.05, 0) is 46.2 Å². The maximum Gasteiger partial charge on any atom is 0.228 e. The zero-order chi connectivity index (χ0) is 15.3. The summed E-state index contributed by atoms with van der Waals surface area (Å²) < 4.78 is 0. The molecule has 4 nitrogen and oxygen atoms in total. The number of anilines is 1. The number of nitrogens with one attached hydrogen (secondary N) is 1. The molecule has 1 aromatic rings. The number of hydrogen-bond acceptors (Lipinski definition) is 3. The Morgan fingerprint density at radius 1 is 1.35 bits per heavy atom. The average Bonchev–Trinajstić information content (AvgIpc) is 2.33. The molecule has 4 heteroatoms. The number of aromatic hydroxyl groups is 1. The summed E-state index contributed by atoms with van der Waals surface area (Å²) in [5.41, 5.74) is 1.79. The van der Waals surface area contributed by atoms with Gasteiger partial charge in [0.2, 0.25) is 5.91 Å². The first-order chi connectivity index (χ1) is 9.24. The molecule has 0 saturated heterocycles. The minimum atomic E-state index is 0.0122. The third kappa shape index (κ3) is 4.85. The van der Waals surface area contributed by atoms with Crippen LogP contribution in [-0.2, 0) is 4.79 Å². The van der Waals surface area contributed by atoms with Crippen LogP contribution < -0.4 is 10.2 Å². The Labute approximate surface area is 121 Å². The molecule has 0 aromatic heterocycles. The molecule has 1 rings (SSSR count). The molecule has 0 saturated carbocycles. The normalized spacial score (nSPS) is 11.4. The predicted octanol–water partition coefficient (Wildman–Crippen LogP) is 2.83. The minimum absolute atomic E-state index is 0.0122. The van der Waals surface area contributed by atoms with E-state index in [1.807, 2.05) is 19.9 Å². The summed E-state index contributed by atoms with van der Waals surface area (Å²) in [7, 11) is 0. The Morgan fingerprint density at radius 2 is 2.00 bits per heavy atom. The zero-order valence-electron chi connectivity index (χ0n) is 13.2. The lowest BCUT2D eigenvalue weighted by Crippen LogP contribution is -2.39. The van der Waals surface area contributed by atoms with Crippen molar-refractivity contribution in [3.8, 4) is 5.75 Å². The Balaban J connectivity index is 2.75. The van der Waals surface area contributed by atoms with Gasteiger partial charge in [0.1, 0.15) is 5.75 Å². The van der Waals surface area contributed by atoms with E-state index in [4.69, 9.17) is 0 Å². The van der Waals surface area contributed by atoms with E-state index in [9.17, 15) is 9.90 Å². The number of aryl methyl sites for hydroxylation is 1. The van der Waals surface area contributed by atoms with Crippen molar-refractivity contribution in [1.82, 2.24) is 5.32 Å². The highest BCUT2D eigenvalue weighted by atomic mass is 16.3. The maximum atomic E-state index is 12.3. The number of amides is 1. The van der Waals surface area contributed by atoms with E-state index in [0.717, 1.165) is 11.3 Å². The molecule has 2 N–H and O–H groups in total. The lowest BCUT2D eigenvalue weighted by Gasteiger charge is -2.25. The SMILES string of the molecule is CCN(C(=O)CCNC(C)(C)C)c1cc(O)ccc1C. The quantitative estimate of drug-likeness (QED) is 0.871. The molecule has 112 valence electrons. The van der Waals surface area contributed by atoms with Gasteiger partial charge in [-0.1, -0.05) is 6.07 Å². The third-order valence-electron chi connectivity index (χ3n) is 3.09. The van der Waals surface area contributed by atoms with Gasteiger partial charge in [0.15, 0.2) is 0 Å². The van der Waals surface area contributed by atoms with Gasteiger partial charge in [-0.3, -0.25) is 4.79 Å². The summed E-state index contributed by atoms with van der Waals surface area (Å²) in [5, 5.41) is 12.9. The van der Waals surface area contributed by atoms with E-state index >= 15 is 0 Å². The third-order valence-corrected chi connectivity index (χ3v) is 3.09. The van der Waals surface area contributed by atoms with Crippen LogP contribution in [0.15, 0.2) is 18.2 Å². The Kier molecular flexibility index (Phi) is 5.57. The van der Waals surface area contributed by atoms with Gasteiger partial charge in [-0.15, -0.1) is 0 Å². The van der Waals surface area contributed by atoms with Gasteiger partial charge in [-0.25, -0.2) is 0 Å². The summed E-state index contributed by atoms with van der Waals surface area (Å²) in [4.78, 5) is 14.1. The Bertz CT molecular complexity index is 464. The average molecular weight is 278 g/mol. The second-order valence-corrected chi connectivity index (χ2v) is 6.04. The van der Waals surface area contributed by atoms with Crippen LogP contribution in [0.1, 0.15) is 39.7 Å². The summed E-state index contributed by atoms with van der Waals surface area (Å²) >= 11 is 0. The molecule has 0 heterocycles. The van der Waals surface area contributed by atoms with Crippen LogP contribution in [0.5, 0.6) is 5.75 Å². The van der Waals surface area contributed by atoms with Gasteiger partial charge < -0.3 is 15.3 Å². The van der Waals surface area contributed by atoms with Gasteiger partial charge in [-0.2, -0.15) is 0 Å². The number of nitrogens with zero attached hydrogens (tertiary/aromatic N) is 1. The molecule has 20 heavy (non-hydrogen) atoms. The van der Waals surface area contributed by atoms with Crippen molar-refractivity contribution in [3.05, 3.63) is 23.8 Å².